The Morgan fingerprint density at radius 3 is 2.64 bits per heavy atom. The Kier molecular flexibility index (Phi) is 1.70. The molecule has 2 aromatic rings. The quantitative estimate of drug-likeness (QED) is 0.645. The van der Waals surface area contributed by atoms with Crippen LogP contribution in [-0.4, -0.2) is 25.4 Å². The van der Waals surface area contributed by atoms with Gasteiger partial charge in [-0.3, -0.25) is 0 Å². The minimum absolute atomic E-state index is 0.0606. The number of aromatic amines is 2. The lowest BCUT2D eigenvalue weighted by Crippen LogP contribution is -1.80. The smallest absolute Gasteiger partial charge is 0.177 e. The Hall–Kier alpha value is -2.67. The number of aromatic nitrogens is 5. The highest BCUT2D eigenvalue weighted by atomic mass is 15.3. The summed E-state index contributed by atoms with van der Waals surface area (Å²) in [6.45, 7) is 0. The fraction of sp³-hybridized carbons (Fsp3) is 0. The molecule has 66 valence electrons. The van der Waals surface area contributed by atoms with E-state index in [1.54, 1.807) is 6.07 Å². The third-order valence-corrected chi connectivity index (χ3v) is 1.58. The van der Waals surface area contributed by atoms with Crippen LogP contribution in [0, 0.1) is 22.7 Å². The van der Waals surface area contributed by atoms with Crippen LogP contribution < -0.4 is 0 Å². The van der Waals surface area contributed by atoms with Gasteiger partial charge in [0.25, 0.3) is 0 Å². The van der Waals surface area contributed by atoms with Crippen LogP contribution in [0.2, 0.25) is 0 Å². The lowest BCUT2D eigenvalue weighted by Gasteiger charge is -1.82. The first-order chi connectivity index (χ1) is 6.85. The van der Waals surface area contributed by atoms with Crippen LogP contribution in [0.5, 0.6) is 0 Å². The summed E-state index contributed by atoms with van der Waals surface area (Å²) >= 11 is 0. The molecule has 0 aliphatic carbocycles. The molecule has 0 saturated carbocycles. The van der Waals surface area contributed by atoms with Crippen LogP contribution in [0.25, 0.3) is 11.5 Å². The minimum Gasteiger partial charge on any atom is -0.327 e. The van der Waals surface area contributed by atoms with Gasteiger partial charge in [-0.25, -0.2) is 4.98 Å². The molecule has 0 aromatic carbocycles. The molecule has 0 fully saturated rings. The van der Waals surface area contributed by atoms with E-state index in [4.69, 9.17) is 10.5 Å². The molecular formula is C7H3N7. The second kappa shape index (κ2) is 2.99. The molecule has 0 aliphatic heterocycles. The standard InChI is InChI=1S/C7H3N7/c8-1-4-5(2-9)12-7(11-4)6-3-10-14-13-6/h3H,(H,11,12)(H,10,13,14). The zero-order chi connectivity index (χ0) is 9.97. The van der Waals surface area contributed by atoms with Gasteiger partial charge in [-0.05, 0) is 0 Å². The van der Waals surface area contributed by atoms with Crippen molar-refractivity contribution in [1.29, 1.82) is 10.5 Å². The number of nitrogens with one attached hydrogen (secondary N) is 2. The fourth-order valence-electron chi connectivity index (χ4n) is 0.972. The van der Waals surface area contributed by atoms with Gasteiger partial charge < -0.3 is 4.98 Å². The maximum atomic E-state index is 8.64. The topological polar surface area (TPSA) is 118 Å². The van der Waals surface area contributed by atoms with Gasteiger partial charge in [0.2, 0.25) is 0 Å². The number of H-pyrrole nitrogens is 2. The molecule has 2 heterocycles. The van der Waals surface area contributed by atoms with Crippen molar-refractivity contribution < 1.29 is 0 Å². The third-order valence-electron chi connectivity index (χ3n) is 1.58. The van der Waals surface area contributed by atoms with Crippen LogP contribution in [0.1, 0.15) is 11.4 Å². The van der Waals surface area contributed by atoms with Gasteiger partial charge in [-0.1, -0.05) is 0 Å². The Morgan fingerprint density at radius 1 is 1.29 bits per heavy atom. The summed E-state index contributed by atoms with van der Waals surface area (Å²) in [4.78, 5) is 6.55. The molecule has 0 radical (unpaired) electrons. The van der Waals surface area contributed by atoms with Crippen molar-refractivity contribution >= 4 is 0 Å². The SMILES string of the molecule is N#Cc1nc(-c2cn[nH]n2)[nH]c1C#N. The summed E-state index contributed by atoms with van der Waals surface area (Å²) in [6, 6.07) is 3.64. The van der Waals surface area contributed by atoms with Crippen LogP contribution in [0.15, 0.2) is 6.20 Å². The van der Waals surface area contributed by atoms with Gasteiger partial charge in [0.05, 0.1) is 6.20 Å². The monoisotopic (exact) mass is 185 g/mol. The second-order valence-corrected chi connectivity index (χ2v) is 2.39. The molecule has 0 spiro atoms. The Balaban J connectivity index is 2.55. The normalized spacial score (nSPS) is 9.29. The van der Waals surface area contributed by atoms with E-state index in [2.05, 4.69) is 25.4 Å². The van der Waals surface area contributed by atoms with Crippen molar-refractivity contribution in [1.82, 2.24) is 25.4 Å². The van der Waals surface area contributed by atoms with Crippen molar-refractivity contribution in [2.75, 3.05) is 0 Å². The van der Waals surface area contributed by atoms with Gasteiger partial charge in [0.15, 0.2) is 17.2 Å². The molecule has 0 aliphatic rings. The van der Waals surface area contributed by atoms with Crippen molar-refractivity contribution in [3.8, 4) is 23.7 Å². The number of rotatable bonds is 1. The zero-order valence-corrected chi connectivity index (χ0v) is 6.81. The Morgan fingerprint density at radius 2 is 2.14 bits per heavy atom. The van der Waals surface area contributed by atoms with Crippen molar-refractivity contribution in [2.45, 2.75) is 0 Å². The van der Waals surface area contributed by atoms with E-state index in [0.717, 1.165) is 0 Å². The first-order valence-corrected chi connectivity index (χ1v) is 3.61. The van der Waals surface area contributed by atoms with Gasteiger partial charge in [0.1, 0.15) is 17.8 Å². The van der Waals surface area contributed by atoms with Gasteiger partial charge >= 0.3 is 0 Å². The average molecular weight is 185 g/mol. The highest BCUT2D eigenvalue weighted by molar-refractivity contribution is 5.52. The number of nitrogens with zero attached hydrogens (tertiary/aromatic N) is 5. The van der Waals surface area contributed by atoms with E-state index in [9.17, 15) is 0 Å². The predicted molar refractivity (Wildman–Crippen MR) is 43.4 cm³/mol. The molecule has 0 bridgehead atoms. The van der Waals surface area contributed by atoms with Crippen LogP contribution in [0.4, 0.5) is 0 Å². The lowest BCUT2D eigenvalue weighted by atomic mass is 10.4. The van der Waals surface area contributed by atoms with Crippen molar-refractivity contribution in [3.63, 3.8) is 0 Å². The number of hydrogen-bond donors (Lipinski definition) is 2. The number of imidazole rings is 1. The molecule has 0 atom stereocenters. The number of hydrogen-bond acceptors (Lipinski definition) is 5. The summed E-state index contributed by atoms with van der Waals surface area (Å²) in [7, 11) is 0. The second-order valence-electron chi connectivity index (χ2n) is 2.39. The van der Waals surface area contributed by atoms with Crippen molar-refractivity contribution in [3.05, 3.63) is 17.6 Å². The van der Waals surface area contributed by atoms with E-state index in [-0.39, 0.29) is 11.4 Å². The summed E-state index contributed by atoms with van der Waals surface area (Å²) in [5.74, 6) is 0.354. The van der Waals surface area contributed by atoms with E-state index in [1.807, 2.05) is 6.07 Å². The molecule has 14 heavy (non-hydrogen) atoms. The van der Waals surface area contributed by atoms with E-state index in [1.165, 1.54) is 6.20 Å². The summed E-state index contributed by atoms with van der Waals surface area (Å²) in [5, 5.41) is 27.0. The first-order valence-electron chi connectivity index (χ1n) is 3.61. The van der Waals surface area contributed by atoms with E-state index < -0.39 is 0 Å². The Labute approximate surface area is 78.0 Å². The lowest BCUT2D eigenvalue weighted by molar-refractivity contribution is 0.939. The molecular weight excluding hydrogens is 182 g/mol. The summed E-state index contributed by atoms with van der Waals surface area (Å²) in [5.41, 5.74) is 0.652. The van der Waals surface area contributed by atoms with E-state index in [0.29, 0.717) is 11.5 Å². The molecule has 0 amide bonds. The average Bonchev–Trinajstić information content (AvgIpc) is 2.85. The molecule has 7 heteroatoms. The Bertz CT molecular complexity index is 490. The molecule has 2 N–H and O–H groups in total. The van der Waals surface area contributed by atoms with Crippen LogP contribution in [0.3, 0.4) is 0 Å². The van der Waals surface area contributed by atoms with Gasteiger partial charge in [-0.2, -0.15) is 25.9 Å². The predicted octanol–water partition coefficient (Wildman–Crippen LogP) is -0.0618. The third kappa shape index (κ3) is 1.09. The fourth-order valence-corrected chi connectivity index (χ4v) is 0.972. The highest BCUT2D eigenvalue weighted by Gasteiger charge is 2.11. The minimum atomic E-state index is 0.0606. The summed E-state index contributed by atoms with van der Waals surface area (Å²) in [6.07, 6.45) is 1.45. The molecule has 0 saturated heterocycles. The van der Waals surface area contributed by atoms with Crippen LogP contribution in [-0.2, 0) is 0 Å². The maximum absolute atomic E-state index is 8.64. The first kappa shape index (κ1) is 7.95. The van der Waals surface area contributed by atoms with Crippen molar-refractivity contribution in [2.24, 2.45) is 0 Å². The van der Waals surface area contributed by atoms with Gasteiger partial charge in [-0.15, -0.1) is 0 Å². The maximum Gasteiger partial charge on any atom is 0.177 e. The molecule has 2 aromatic heterocycles. The van der Waals surface area contributed by atoms with E-state index >= 15 is 0 Å². The van der Waals surface area contributed by atoms with Gasteiger partial charge in [0, 0.05) is 0 Å². The highest BCUT2D eigenvalue weighted by Crippen LogP contribution is 2.13. The number of nitriles is 2. The van der Waals surface area contributed by atoms with Crippen LogP contribution >= 0.6 is 0 Å². The summed E-state index contributed by atoms with van der Waals surface area (Å²) < 4.78 is 0. The zero-order valence-electron chi connectivity index (χ0n) is 6.81. The largest absolute Gasteiger partial charge is 0.327 e. The molecule has 0 unspecified atom stereocenters. The molecule has 2 rings (SSSR count). The molecule has 7 nitrogen and oxygen atoms in total.